The van der Waals surface area contributed by atoms with Crippen LogP contribution in [0.3, 0.4) is 0 Å². The van der Waals surface area contributed by atoms with E-state index >= 15 is 0 Å². The summed E-state index contributed by atoms with van der Waals surface area (Å²) >= 11 is 6.45. The van der Waals surface area contributed by atoms with E-state index in [0.29, 0.717) is 44.1 Å². The molecule has 1 aliphatic rings. The molecule has 33 heavy (non-hydrogen) atoms. The standard InChI is InChI=1S/C25H28ClN5O2/c1-19(28(2)18-20-9-5-3-6-10-20)24(32)30-15-13-29(14-16-30)22-17-27-31(25(33)23(22)26)21-11-7-4-8-12-21/h3-12,17,19H,13-16,18H2,1-2H3. The Morgan fingerprint density at radius 3 is 2.27 bits per heavy atom. The third-order valence-corrected chi connectivity index (χ3v) is 6.48. The zero-order chi connectivity index (χ0) is 23.4. The van der Waals surface area contributed by atoms with Gasteiger partial charge in [-0.3, -0.25) is 14.5 Å². The van der Waals surface area contributed by atoms with E-state index in [1.54, 1.807) is 6.20 Å². The molecular weight excluding hydrogens is 438 g/mol. The van der Waals surface area contributed by atoms with Crippen LogP contribution >= 0.6 is 11.6 Å². The van der Waals surface area contributed by atoms with Gasteiger partial charge in [-0.05, 0) is 31.7 Å². The minimum Gasteiger partial charge on any atom is -0.365 e. The van der Waals surface area contributed by atoms with Crippen molar-refractivity contribution in [3.63, 3.8) is 0 Å². The first-order valence-corrected chi connectivity index (χ1v) is 11.4. The number of nitrogens with zero attached hydrogens (tertiary/aromatic N) is 5. The lowest BCUT2D eigenvalue weighted by Gasteiger charge is -2.38. The summed E-state index contributed by atoms with van der Waals surface area (Å²) in [6.45, 7) is 4.99. The van der Waals surface area contributed by atoms with E-state index in [1.165, 1.54) is 10.2 Å². The molecule has 1 aliphatic heterocycles. The highest BCUT2D eigenvalue weighted by atomic mass is 35.5. The van der Waals surface area contributed by atoms with Gasteiger partial charge < -0.3 is 9.80 Å². The molecule has 1 amide bonds. The van der Waals surface area contributed by atoms with Crippen LogP contribution in [0.25, 0.3) is 5.69 Å². The predicted molar refractivity (Wildman–Crippen MR) is 131 cm³/mol. The first kappa shape index (κ1) is 23.0. The van der Waals surface area contributed by atoms with Gasteiger partial charge in [0.1, 0.15) is 5.02 Å². The summed E-state index contributed by atoms with van der Waals surface area (Å²) in [5.74, 6) is 0.108. The first-order valence-electron chi connectivity index (χ1n) is 11.1. The molecule has 1 fully saturated rings. The number of halogens is 1. The highest BCUT2D eigenvalue weighted by molar-refractivity contribution is 6.33. The molecule has 3 aromatic rings. The van der Waals surface area contributed by atoms with Crippen molar-refractivity contribution in [1.82, 2.24) is 19.6 Å². The van der Waals surface area contributed by atoms with Crippen molar-refractivity contribution in [3.8, 4) is 5.69 Å². The third kappa shape index (κ3) is 5.10. The largest absolute Gasteiger partial charge is 0.365 e. The lowest BCUT2D eigenvalue weighted by molar-refractivity contribution is -0.136. The van der Waals surface area contributed by atoms with Crippen LogP contribution in [0.4, 0.5) is 5.69 Å². The van der Waals surface area contributed by atoms with Gasteiger partial charge in [0.2, 0.25) is 5.91 Å². The smallest absolute Gasteiger partial charge is 0.292 e. The molecule has 2 heterocycles. The molecular formula is C25H28ClN5O2. The van der Waals surface area contributed by atoms with Gasteiger partial charge in [-0.2, -0.15) is 9.78 Å². The SMILES string of the molecule is CC(C(=O)N1CCN(c2cnn(-c3ccccc3)c(=O)c2Cl)CC1)N(C)Cc1ccccc1. The molecule has 0 spiro atoms. The molecule has 0 aliphatic carbocycles. The Morgan fingerprint density at radius 2 is 1.64 bits per heavy atom. The summed E-state index contributed by atoms with van der Waals surface area (Å²) < 4.78 is 1.30. The molecule has 7 nitrogen and oxygen atoms in total. The van der Waals surface area contributed by atoms with Crippen LogP contribution in [-0.4, -0.2) is 64.8 Å². The minimum absolute atomic E-state index is 0.108. The van der Waals surface area contributed by atoms with Crippen LogP contribution in [-0.2, 0) is 11.3 Å². The van der Waals surface area contributed by atoms with Crippen LogP contribution in [0.5, 0.6) is 0 Å². The number of aromatic nitrogens is 2. The molecule has 1 atom stereocenters. The fourth-order valence-corrected chi connectivity index (χ4v) is 4.27. The normalized spacial score (nSPS) is 15.0. The number of rotatable bonds is 6. The van der Waals surface area contributed by atoms with Crippen molar-refractivity contribution in [2.75, 3.05) is 38.1 Å². The Bertz CT molecular complexity index is 1140. The van der Waals surface area contributed by atoms with Crippen molar-refractivity contribution in [2.24, 2.45) is 0 Å². The fraction of sp³-hybridized carbons (Fsp3) is 0.320. The second-order valence-corrected chi connectivity index (χ2v) is 8.66. The van der Waals surface area contributed by atoms with Gasteiger partial charge in [-0.25, -0.2) is 0 Å². The van der Waals surface area contributed by atoms with E-state index in [0.717, 1.165) is 0 Å². The van der Waals surface area contributed by atoms with Crippen LogP contribution in [0.1, 0.15) is 12.5 Å². The average molecular weight is 466 g/mol. The van der Waals surface area contributed by atoms with Gasteiger partial charge in [-0.15, -0.1) is 0 Å². The van der Waals surface area contributed by atoms with Crippen molar-refractivity contribution in [3.05, 3.63) is 87.8 Å². The maximum atomic E-state index is 13.1. The predicted octanol–water partition coefficient (Wildman–Crippen LogP) is 3.06. The van der Waals surface area contributed by atoms with Gasteiger partial charge in [0, 0.05) is 32.7 Å². The summed E-state index contributed by atoms with van der Waals surface area (Å²) in [6.07, 6.45) is 1.63. The van der Waals surface area contributed by atoms with Crippen molar-refractivity contribution >= 4 is 23.2 Å². The number of amides is 1. The number of hydrogen-bond donors (Lipinski definition) is 0. The second-order valence-electron chi connectivity index (χ2n) is 8.29. The Hall–Kier alpha value is -3.16. The fourth-order valence-electron chi connectivity index (χ4n) is 4.03. The van der Waals surface area contributed by atoms with Gasteiger partial charge in [-0.1, -0.05) is 60.1 Å². The molecule has 1 aromatic heterocycles. The minimum atomic E-state index is -0.352. The number of benzene rings is 2. The van der Waals surface area contributed by atoms with Gasteiger partial charge in [0.15, 0.2) is 0 Å². The summed E-state index contributed by atoms with van der Waals surface area (Å²) in [5, 5.41) is 4.46. The average Bonchev–Trinajstić information content (AvgIpc) is 2.86. The van der Waals surface area contributed by atoms with Gasteiger partial charge >= 0.3 is 0 Å². The van der Waals surface area contributed by atoms with E-state index in [1.807, 2.05) is 72.3 Å². The molecule has 0 N–H and O–H groups in total. The number of hydrogen-bond acceptors (Lipinski definition) is 5. The summed E-state index contributed by atoms with van der Waals surface area (Å²) in [6, 6.07) is 19.1. The number of piperazine rings is 1. The van der Waals surface area contributed by atoms with E-state index < -0.39 is 0 Å². The van der Waals surface area contributed by atoms with Crippen LogP contribution in [0.15, 0.2) is 71.7 Å². The maximum Gasteiger partial charge on any atom is 0.292 e. The monoisotopic (exact) mass is 465 g/mol. The molecule has 0 radical (unpaired) electrons. The van der Waals surface area contributed by atoms with Crippen LogP contribution in [0.2, 0.25) is 5.02 Å². The van der Waals surface area contributed by atoms with Crippen molar-refractivity contribution in [1.29, 1.82) is 0 Å². The molecule has 1 saturated heterocycles. The highest BCUT2D eigenvalue weighted by Gasteiger charge is 2.28. The van der Waals surface area contributed by atoms with E-state index in [4.69, 9.17) is 11.6 Å². The van der Waals surface area contributed by atoms with E-state index in [-0.39, 0.29) is 22.5 Å². The quantitative estimate of drug-likeness (QED) is 0.560. The number of para-hydroxylation sites is 1. The van der Waals surface area contributed by atoms with Crippen molar-refractivity contribution in [2.45, 2.75) is 19.5 Å². The third-order valence-electron chi connectivity index (χ3n) is 6.13. The van der Waals surface area contributed by atoms with Gasteiger partial charge in [0.05, 0.1) is 23.6 Å². The summed E-state index contributed by atoms with van der Waals surface area (Å²) in [4.78, 5) is 31.8. The van der Waals surface area contributed by atoms with Crippen LogP contribution in [0, 0.1) is 0 Å². The van der Waals surface area contributed by atoms with E-state index in [2.05, 4.69) is 22.1 Å². The molecule has 1 unspecified atom stereocenters. The Morgan fingerprint density at radius 1 is 1.03 bits per heavy atom. The Balaban J connectivity index is 1.39. The second kappa shape index (κ2) is 10.2. The molecule has 0 saturated carbocycles. The maximum absolute atomic E-state index is 13.1. The molecule has 2 aromatic carbocycles. The number of carbonyl (C=O) groups is 1. The lowest BCUT2D eigenvalue weighted by Crippen LogP contribution is -2.53. The zero-order valence-electron chi connectivity index (χ0n) is 18.9. The number of anilines is 1. The molecule has 8 heteroatoms. The molecule has 4 rings (SSSR count). The first-order chi connectivity index (χ1) is 16.0. The van der Waals surface area contributed by atoms with Crippen molar-refractivity contribution < 1.29 is 4.79 Å². The summed E-state index contributed by atoms with van der Waals surface area (Å²) in [7, 11) is 1.97. The van der Waals surface area contributed by atoms with E-state index in [9.17, 15) is 9.59 Å². The number of carbonyl (C=O) groups excluding carboxylic acids is 1. The summed E-state index contributed by atoms with van der Waals surface area (Å²) in [5.41, 5.74) is 2.10. The highest BCUT2D eigenvalue weighted by Crippen LogP contribution is 2.23. The Labute approximate surface area is 198 Å². The topological polar surface area (TPSA) is 61.7 Å². The van der Waals surface area contributed by atoms with Gasteiger partial charge in [0.25, 0.3) is 5.56 Å². The zero-order valence-corrected chi connectivity index (χ0v) is 19.7. The molecule has 172 valence electrons. The number of likely N-dealkylation sites (N-methyl/N-ethyl adjacent to an activating group) is 1. The Kier molecular flexibility index (Phi) is 7.11. The molecule has 0 bridgehead atoms. The van der Waals surface area contributed by atoms with Crippen LogP contribution < -0.4 is 10.5 Å². The lowest BCUT2D eigenvalue weighted by atomic mass is 10.1.